The zero-order valence-electron chi connectivity index (χ0n) is 11.5. The molecule has 0 aliphatic carbocycles. The molecule has 0 unspecified atom stereocenters. The van der Waals surface area contributed by atoms with Crippen LogP contribution in [0, 0.1) is 5.82 Å². The van der Waals surface area contributed by atoms with Gasteiger partial charge in [0, 0.05) is 16.0 Å². The van der Waals surface area contributed by atoms with Gasteiger partial charge in [-0.15, -0.1) is 0 Å². The molecule has 0 aromatic heterocycles. The molecule has 0 aliphatic heterocycles. The molecule has 1 aromatic carbocycles. The highest BCUT2D eigenvalue weighted by Gasteiger charge is 2.14. The first-order valence-corrected chi connectivity index (χ1v) is 6.33. The minimum atomic E-state index is -0.732. The molecule has 6 nitrogen and oxygen atoms in total. The number of rotatable bonds is 6. The van der Waals surface area contributed by atoms with E-state index in [9.17, 15) is 9.18 Å². The van der Waals surface area contributed by atoms with Crippen LogP contribution in [0.25, 0.3) is 16.5 Å². The van der Waals surface area contributed by atoms with Gasteiger partial charge in [-0.1, -0.05) is 16.7 Å². The van der Waals surface area contributed by atoms with Gasteiger partial charge in [0.15, 0.2) is 5.82 Å². The summed E-state index contributed by atoms with van der Waals surface area (Å²) in [6.45, 7) is 1.84. The van der Waals surface area contributed by atoms with Gasteiger partial charge in [-0.05, 0) is 30.7 Å². The van der Waals surface area contributed by atoms with Crippen molar-refractivity contribution in [1.29, 1.82) is 0 Å². The summed E-state index contributed by atoms with van der Waals surface area (Å²) < 4.78 is 23.8. The van der Waals surface area contributed by atoms with E-state index in [1.165, 1.54) is 25.3 Å². The first-order valence-electron chi connectivity index (χ1n) is 5.95. The molecule has 0 spiro atoms. The Morgan fingerprint density at radius 3 is 2.86 bits per heavy atom. The van der Waals surface area contributed by atoms with Crippen molar-refractivity contribution in [1.82, 2.24) is 0 Å². The van der Waals surface area contributed by atoms with Crippen LogP contribution < -0.4 is 4.74 Å². The van der Waals surface area contributed by atoms with Crippen molar-refractivity contribution in [2.24, 2.45) is 5.11 Å². The average molecular weight is 314 g/mol. The molecule has 0 amide bonds. The number of hydrogen-bond donors (Lipinski definition) is 0. The molecule has 0 fully saturated rings. The summed E-state index contributed by atoms with van der Waals surface area (Å²) in [6.07, 6.45) is 1.22. The number of carbonyl (C=O) groups is 1. The molecule has 0 saturated heterocycles. The lowest BCUT2D eigenvalue weighted by Crippen LogP contribution is -2.07. The summed E-state index contributed by atoms with van der Waals surface area (Å²) in [5.74, 6) is -1.24. The fraction of sp³-hybridized carbons (Fsp3) is 0.308. The van der Waals surface area contributed by atoms with Gasteiger partial charge in [-0.3, -0.25) is 0 Å². The number of benzene rings is 1. The number of carbonyl (C=O) groups excluding carboxylic acids is 1. The highest BCUT2D eigenvalue weighted by Crippen LogP contribution is 2.30. The van der Waals surface area contributed by atoms with Gasteiger partial charge in [0.1, 0.15) is 10.8 Å². The summed E-state index contributed by atoms with van der Waals surface area (Å²) in [5.41, 5.74) is 8.37. The monoisotopic (exact) mass is 313 g/mol. The van der Waals surface area contributed by atoms with E-state index in [1.54, 1.807) is 6.92 Å². The van der Waals surface area contributed by atoms with Crippen molar-refractivity contribution in [2.75, 3.05) is 20.3 Å². The number of hydrogen-bond acceptors (Lipinski definition) is 4. The highest BCUT2D eigenvalue weighted by molar-refractivity contribution is 6.32. The van der Waals surface area contributed by atoms with Crippen LogP contribution in [-0.4, -0.2) is 26.2 Å². The largest absolute Gasteiger partial charge is 0.492 e. The minimum absolute atomic E-state index is 0.00873. The topological polar surface area (TPSA) is 84.3 Å². The summed E-state index contributed by atoms with van der Waals surface area (Å²) in [7, 11) is 1.17. The van der Waals surface area contributed by atoms with E-state index < -0.39 is 11.8 Å². The van der Waals surface area contributed by atoms with Crippen molar-refractivity contribution < 1.29 is 18.7 Å². The van der Waals surface area contributed by atoms with Crippen LogP contribution in [0.3, 0.4) is 0 Å². The maximum absolute atomic E-state index is 14.1. The fourth-order valence-electron chi connectivity index (χ4n) is 1.52. The first-order chi connectivity index (χ1) is 10.0. The Bertz CT molecular complexity index is 613. The number of nitrogens with zero attached hydrogens (tertiary/aromatic N) is 3. The highest BCUT2D eigenvalue weighted by atomic mass is 35.5. The molecular weight excluding hydrogens is 301 g/mol. The Kier molecular flexibility index (Phi) is 6.52. The molecule has 1 rings (SSSR count). The molecular formula is C13H13ClFN3O3. The van der Waals surface area contributed by atoms with Crippen molar-refractivity contribution >= 4 is 23.6 Å². The van der Waals surface area contributed by atoms with Crippen LogP contribution in [0.1, 0.15) is 12.5 Å². The van der Waals surface area contributed by atoms with Gasteiger partial charge in [0.05, 0.1) is 20.3 Å². The van der Waals surface area contributed by atoms with Crippen molar-refractivity contribution in [3.8, 4) is 5.75 Å². The Morgan fingerprint density at radius 1 is 1.57 bits per heavy atom. The van der Waals surface area contributed by atoms with Crippen LogP contribution in [0.5, 0.6) is 5.75 Å². The first kappa shape index (κ1) is 16.8. The van der Waals surface area contributed by atoms with E-state index in [4.69, 9.17) is 21.9 Å². The van der Waals surface area contributed by atoms with Crippen LogP contribution >= 0.6 is 11.6 Å². The van der Waals surface area contributed by atoms with E-state index >= 15 is 0 Å². The third-order valence-electron chi connectivity index (χ3n) is 2.46. The molecule has 0 saturated carbocycles. The van der Waals surface area contributed by atoms with Crippen LogP contribution in [0.2, 0.25) is 5.02 Å². The zero-order chi connectivity index (χ0) is 15.8. The standard InChI is InChI=1S/C13H13ClFN3O3/c1-3-21-10-5-4-8(12(15)11(10)14)6-9(7-17-18-16)13(19)20-2/h4-6H,3,7H2,1-2H3/b9-6-. The Morgan fingerprint density at radius 2 is 2.29 bits per heavy atom. The maximum Gasteiger partial charge on any atom is 0.333 e. The van der Waals surface area contributed by atoms with Gasteiger partial charge in [-0.2, -0.15) is 0 Å². The van der Waals surface area contributed by atoms with Crippen molar-refractivity contribution in [3.05, 3.63) is 44.6 Å². The van der Waals surface area contributed by atoms with Gasteiger partial charge >= 0.3 is 5.97 Å². The summed E-state index contributed by atoms with van der Waals surface area (Å²) in [5, 5.41) is 3.09. The van der Waals surface area contributed by atoms with Crippen LogP contribution in [0.4, 0.5) is 4.39 Å². The third-order valence-corrected chi connectivity index (χ3v) is 2.81. The SMILES string of the molecule is CCOc1ccc(/C=C(/CN=[N+]=[N-])C(=O)OC)c(F)c1Cl. The summed E-state index contributed by atoms with van der Waals surface area (Å²) >= 11 is 5.85. The van der Waals surface area contributed by atoms with E-state index in [0.29, 0.717) is 6.61 Å². The molecule has 0 N–H and O–H groups in total. The second kappa shape index (κ2) is 8.14. The molecule has 21 heavy (non-hydrogen) atoms. The predicted octanol–water partition coefficient (Wildman–Crippen LogP) is 3.74. The Hall–Kier alpha value is -2.24. The molecule has 0 radical (unpaired) electrons. The molecule has 0 aliphatic rings. The Balaban J connectivity index is 3.23. The van der Waals surface area contributed by atoms with Crippen molar-refractivity contribution in [2.45, 2.75) is 6.92 Å². The summed E-state index contributed by atoms with van der Waals surface area (Å²) in [6, 6.07) is 2.90. The normalized spacial score (nSPS) is 10.8. The van der Waals surface area contributed by atoms with E-state index in [0.717, 1.165) is 0 Å². The fourth-order valence-corrected chi connectivity index (χ4v) is 1.75. The van der Waals surface area contributed by atoms with E-state index in [2.05, 4.69) is 14.8 Å². The number of halogens is 2. The minimum Gasteiger partial charge on any atom is -0.492 e. The predicted molar refractivity (Wildman–Crippen MR) is 76.6 cm³/mol. The lowest BCUT2D eigenvalue weighted by molar-refractivity contribution is -0.136. The van der Waals surface area contributed by atoms with Gasteiger partial charge < -0.3 is 9.47 Å². The number of methoxy groups -OCH3 is 1. The number of azide groups is 1. The molecule has 0 atom stereocenters. The smallest absolute Gasteiger partial charge is 0.333 e. The van der Waals surface area contributed by atoms with Crippen molar-refractivity contribution in [3.63, 3.8) is 0 Å². The average Bonchev–Trinajstić information content (AvgIpc) is 2.49. The number of esters is 1. The number of ether oxygens (including phenoxy) is 2. The van der Waals surface area contributed by atoms with Gasteiger partial charge in [0.2, 0.25) is 0 Å². The zero-order valence-corrected chi connectivity index (χ0v) is 12.2. The molecule has 0 heterocycles. The second-order valence-corrected chi connectivity index (χ2v) is 4.14. The lowest BCUT2D eigenvalue weighted by atomic mass is 10.1. The molecule has 1 aromatic rings. The maximum atomic E-state index is 14.1. The van der Waals surface area contributed by atoms with Crippen LogP contribution in [0.15, 0.2) is 22.8 Å². The molecule has 0 bridgehead atoms. The quantitative estimate of drug-likeness (QED) is 0.263. The molecule has 112 valence electrons. The third kappa shape index (κ3) is 4.37. The Labute approximate surface area is 125 Å². The van der Waals surface area contributed by atoms with E-state index in [1.807, 2.05) is 0 Å². The van der Waals surface area contributed by atoms with Gasteiger partial charge in [0.25, 0.3) is 0 Å². The van der Waals surface area contributed by atoms with E-state index in [-0.39, 0.29) is 28.5 Å². The second-order valence-electron chi connectivity index (χ2n) is 3.76. The lowest BCUT2D eigenvalue weighted by Gasteiger charge is -2.09. The molecule has 8 heteroatoms. The van der Waals surface area contributed by atoms with Gasteiger partial charge in [-0.25, -0.2) is 9.18 Å². The van der Waals surface area contributed by atoms with Crippen LogP contribution in [-0.2, 0) is 9.53 Å². The summed E-state index contributed by atoms with van der Waals surface area (Å²) in [4.78, 5) is 14.1.